The van der Waals surface area contributed by atoms with Gasteiger partial charge in [-0.3, -0.25) is 14.0 Å². The van der Waals surface area contributed by atoms with Crippen molar-refractivity contribution in [1.29, 1.82) is 0 Å². The fraction of sp³-hybridized carbons (Fsp3) is 0.269. The Morgan fingerprint density at radius 2 is 1.97 bits per heavy atom. The topological polar surface area (TPSA) is 69.9 Å². The zero-order chi connectivity index (χ0) is 23.4. The molecule has 2 aromatic carbocycles. The maximum Gasteiger partial charge on any atom is 0.311 e. The molecule has 0 bridgehead atoms. The van der Waals surface area contributed by atoms with E-state index in [2.05, 4.69) is 13.8 Å². The first kappa shape index (κ1) is 22.7. The smallest absolute Gasteiger partial charge is 0.311 e. The highest BCUT2D eigenvalue weighted by molar-refractivity contribution is 7.17. The lowest BCUT2D eigenvalue weighted by Crippen LogP contribution is -2.06. The monoisotopic (exact) mass is 462 g/mol. The van der Waals surface area contributed by atoms with Gasteiger partial charge in [0, 0.05) is 16.6 Å². The van der Waals surface area contributed by atoms with E-state index in [0.29, 0.717) is 41.2 Å². The molecule has 0 saturated carbocycles. The van der Waals surface area contributed by atoms with Gasteiger partial charge in [-0.05, 0) is 36.1 Å². The van der Waals surface area contributed by atoms with Gasteiger partial charge in [0.1, 0.15) is 23.7 Å². The van der Waals surface area contributed by atoms with Crippen molar-refractivity contribution in [2.45, 2.75) is 39.7 Å². The number of fused-ring (bicyclic) bond motifs is 1. The molecule has 0 spiro atoms. The van der Waals surface area contributed by atoms with Crippen LogP contribution in [0.4, 0.5) is 0 Å². The standard InChI is InChI=1S/C26H26N2O4S/c1-4-31-24(30)13-20-14-28-22(15-29)25(27-26(28)33-20)21-12-19(17(2)3)10-11-23(21)32-16-18-8-6-5-7-9-18/h5-12,14-15,17H,4,13,16H2,1-3H3. The number of esters is 1. The average molecular weight is 463 g/mol. The number of rotatable bonds is 9. The van der Waals surface area contributed by atoms with Crippen molar-refractivity contribution in [3.05, 3.63) is 76.4 Å². The number of hydrogen-bond donors (Lipinski definition) is 0. The van der Waals surface area contributed by atoms with E-state index in [0.717, 1.165) is 27.9 Å². The van der Waals surface area contributed by atoms with Crippen molar-refractivity contribution in [3.63, 3.8) is 0 Å². The fourth-order valence-corrected chi connectivity index (χ4v) is 4.58. The van der Waals surface area contributed by atoms with Crippen LogP contribution in [0.1, 0.15) is 53.2 Å². The quantitative estimate of drug-likeness (QED) is 0.236. The van der Waals surface area contributed by atoms with E-state index in [1.807, 2.05) is 48.5 Å². The number of benzene rings is 2. The molecule has 0 fully saturated rings. The highest BCUT2D eigenvalue weighted by atomic mass is 32.1. The van der Waals surface area contributed by atoms with Crippen LogP contribution >= 0.6 is 11.3 Å². The lowest BCUT2D eigenvalue weighted by atomic mass is 9.98. The Labute approximate surface area is 196 Å². The number of nitrogens with zero attached hydrogens (tertiary/aromatic N) is 2. The van der Waals surface area contributed by atoms with Crippen LogP contribution in [-0.2, 0) is 22.6 Å². The number of carbonyl (C=O) groups excluding carboxylic acids is 2. The van der Waals surface area contributed by atoms with Gasteiger partial charge in [0.25, 0.3) is 0 Å². The third-order valence-electron chi connectivity index (χ3n) is 5.31. The molecule has 2 aromatic heterocycles. The van der Waals surface area contributed by atoms with Crippen molar-refractivity contribution >= 4 is 28.6 Å². The van der Waals surface area contributed by atoms with Gasteiger partial charge in [-0.15, -0.1) is 11.3 Å². The predicted molar refractivity (Wildman–Crippen MR) is 129 cm³/mol. The van der Waals surface area contributed by atoms with E-state index in [1.54, 1.807) is 17.5 Å². The highest BCUT2D eigenvalue weighted by Gasteiger charge is 2.21. The molecular weight excluding hydrogens is 436 g/mol. The Hall–Kier alpha value is -3.45. The second kappa shape index (κ2) is 10.0. The minimum atomic E-state index is -0.295. The van der Waals surface area contributed by atoms with Gasteiger partial charge in [0.2, 0.25) is 0 Å². The molecule has 4 rings (SSSR count). The van der Waals surface area contributed by atoms with Gasteiger partial charge in [-0.2, -0.15) is 0 Å². The molecule has 0 aliphatic heterocycles. The largest absolute Gasteiger partial charge is 0.488 e. The van der Waals surface area contributed by atoms with Gasteiger partial charge < -0.3 is 9.47 Å². The first-order valence-corrected chi connectivity index (χ1v) is 11.7. The van der Waals surface area contributed by atoms with Crippen LogP contribution in [0.5, 0.6) is 5.75 Å². The number of hydrogen-bond acceptors (Lipinski definition) is 6. The zero-order valence-corrected chi connectivity index (χ0v) is 19.7. The number of thiazole rings is 1. The van der Waals surface area contributed by atoms with Crippen LogP contribution in [0.25, 0.3) is 16.2 Å². The van der Waals surface area contributed by atoms with Crippen LogP contribution < -0.4 is 4.74 Å². The lowest BCUT2D eigenvalue weighted by Gasteiger charge is -2.14. The number of aromatic nitrogens is 2. The Kier molecular flexibility index (Phi) is 6.89. The first-order valence-electron chi connectivity index (χ1n) is 10.9. The summed E-state index contributed by atoms with van der Waals surface area (Å²) < 4.78 is 12.9. The molecule has 0 atom stereocenters. The summed E-state index contributed by atoms with van der Waals surface area (Å²) in [6.07, 6.45) is 2.75. The normalized spacial score (nSPS) is 11.2. The van der Waals surface area contributed by atoms with Crippen molar-refractivity contribution in [2.75, 3.05) is 6.61 Å². The van der Waals surface area contributed by atoms with E-state index in [-0.39, 0.29) is 12.4 Å². The summed E-state index contributed by atoms with van der Waals surface area (Å²) in [7, 11) is 0. The van der Waals surface area contributed by atoms with Crippen LogP contribution in [0.3, 0.4) is 0 Å². The number of carbonyl (C=O) groups is 2. The molecule has 7 heteroatoms. The van der Waals surface area contributed by atoms with E-state index < -0.39 is 0 Å². The van der Waals surface area contributed by atoms with Crippen molar-refractivity contribution in [3.8, 4) is 17.0 Å². The first-order chi connectivity index (χ1) is 16.0. The Bertz CT molecular complexity index is 1270. The molecule has 4 aromatic rings. The average Bonchev–Trinajstić information content (AvgIpc) is 3.35. The number of ether oxygens (including phenoxy) is 2. The maximum atomic E-state index is 12.1. The maximum absolute atomic E-state index is 12.1. The lowest BCUT2D eigenvalue weighted by molar-refractivity contribution is -0.142. The molecule has 0 aliphatic rings. The summed E-state index contributed by atoms with van der Waals surface area (Å²) in [4.78, 5) is 30.2. The molecule has 170 valence electrons. The van der Waals surface area contributed by atoms with Gasteiger partial charge in [0.15, 0.2) is 11.2 Å². The molecule has 0 unspecified atom stereocenters. The van der Waals surface area contributed by atoms with Gasteiger partial charge in [0.05, 0.1) is 13.0 Å². The van der Waals surface area contributed by atoms with E-state index >= 15 is 0 Å². The van der Waals surface area contributed by atoms with Gasteiger partial charge >= 0.3 is 5.97 Å². The van der Waals surface area contributed by atoms with Crippen molar-refractivity contribution in [1.82, 2.24) is 9.38 Å². The molecule has 0 radical (unpaired) electrons. The number of aldehydes is 1. The Balaban J connectivity index is 1.73. The summed E-state index contributed by atoms with van der Waals surface area (Å²) >= 11 is 1.37. The molecular formula is C26H26N2O4S. The van der Waals surface area contributed by atoms with Crippen LogP contribution in [0.2, 0.25) is 0 Å². The second-order valence-corrected chi connectivity index (χ2v) is 9.07. The van der Waals surface area contributed by atoms with Gasteiger partial charge in [-0.1, -0.05) is 50.2 Å². The summed E-state index contributed by atoms with van der Waals surface area (Å²) in [6.45, 7) is 6.77. The Morgan fingerprint density at radius 3 is 2.67 bits per heavy atom. The second-order valence-electron chi connectivity index (χ2n) is 7.98. The molecule has 2 heterocycles. The molecule has 0 N–H and O–H groups in total. The summed E-state index contributed by atoms with van der Waals surface area (Å²) in [5, 5.41) is 0. The summed E-state index contributed by atoms with van der Waals surface area (Å²) in [6, 6.07) is 16.0. The summed E-state index contributed by atoms with van der Waals surface area (Å²) in [5.74, 6) is 0.687. The molecule has 0 aliphatic carbocycles. The highest BCUT2D eigenvalue weighted by Crippen LogP contribution is 2.36. The van der Waals surface area contributed by atoms with E-state index in [4.69, 9.17) is 14.5 Å². The fourth-order valence-electron chi connectivity index (χ4n) is 3.61. The third-order valence-corrected chi connectivity index (χ3v) is 6.29. The van der Waals surface area contributed by atoms with Crippen molar-refractivity contribution < 1.29 is 19.1 Å². The van der Waals surface area contributed by atoms with Crippen molar-refractivity contribution in [2.24, 2.45) is 0 Å². The number of imidazole rings is 1. The Morgan fingerprint density at radius 1 is 1.18 bits per heavy atom. The molecule has 6 nitrogen and oxygen atoms in total. The zero-order valence-electron chi connectivity index (χ0n) is 18.9. The minimum absolute atomic E-state index is 0.157. The predicted octanol–water partition coefficient (Wildman–Crippen LogP) is 5.68. The van der Waals surface area contributed by atoms with Crippen LogP contribution in [0.15, 0.2) is 54.7 Å². The van der Waals surface area contributed by atoms with Crippen LogP contribution in [-0.4, -0.2) is 28.2 Å². The molecule has 33 heavy (non-hydrogen) atoms. The van der Waals surface area contributed by atoms with Crippen LogP contribution in [0, 0.1) is 0 Å². The SMILES string of the molecule is CCOC(=O)Cc1cn2c(C=O)c(-c3cc(C(C)C)ccc3OCc3ccccc3)nc2s1. The molecule has 0 saturated heterocycles. The minimum Gasteiger partial charge on any atom is -0.488 e. The molecule has 0 amide bonds. The third kappa shape index (κ3) is 4.98. The van der Waals surface area contributed by atoms with E-state index in [1.165, 1.54) is 11.3 Å². The van der Waals surface area contributed by atoms with Gasteiger partial charge in [-0.25, -0.2) is 4.98 Å². The van der Waals surface area contributed by atoms with E-state index in [9.17, 15) is 9.59 Å². The summed E-state index contributed by atoms with van der Waals surface area (Å²) in [5.41, 5.74) is 3.98.